The van der Waals surface area contributed by atoms with Crippen LogP contribution in [-0.2, 0) is 4.79 Å². The molecule has 4 aliphatic carbocycles. The number of likely N-dealkylation sites (tertiary alicyclic amines) is 2. The van der Waals surface area contributed by atoms with E-state index in [4.69, 9.17) is 4.74 Å². The molecule has 6 fully saturated rings. The van der Waals surface area contributed by atoms with E-state index in [0.717, 1.165) is 74.5 Å². The highest BCUT2D eigenvalue weighted by molar-refractivity contribution is 5.78. The van der Waals surface area contributed by atoms with Crippen molar-refractivity contribution in [3.8, 4) is 5.75 Å². The number of benzene rings is 1. The lowest BCUT2D eigenvalue weighted by Gasteiger charge is -2.57. The standard InChI is InChI=1S/C28H39N3O3/c1-20-4-2-3-5-24(20)34-18-25(32)30-9-6-27(7-10-30)8-11-31(19-27)26(33)29-28-15-21-12-22(16-28)14-23(13-21)17-28/h2-5,21-23H,6-19H2,1H3,(H,29,33). The first kappa shape index (κ1) is 22.2. The molecule has 6 heteroatoms. The number of carbonyl (C=O) groups is 2. The first-order valence-electron chi connectivity index (χ1n) is 13.4. The second-order valence-electron chi connectivity index (χ2n) is 12.2. The molecule has 0 unspecified atom stereocenters. The number of piperidine rings is 1. The van der Waals surface area contributed by atoms with Gasteiger partial charge in [-0.2, -0.15) is 0 Å². The van der Waals surface area contributed by atoms with Crippen molar-refractivity contribution in [2.45, 2.75) is 70.3 Å². The molecule has 0 aromatic heterocycles. The van der Waals surface area contributed by atoms with E-state index < -0.39 is 0 Å². The highest BCUT2D eigenvalue weighted by Gasteiger charge is 2.52. The van der Waals surface area contributed by atoms with E-state index in [0.29, 0.717) is 0 Å². The van der Waals surface area contributed by atoms with E-state index in [1.807, 2.05) is 36.1 Å². The summed E-state index contributed by atoms with van der Waals surface area (Å²) < 4.78 is 5.78. The van der Waals surface area contributed by atoms with Gasteiger partial charge in [0.1, 0.15) is 5.75 Å². The zero-order chi connectivity index (χ0) is 23.3. The molecule has 2 aliphatic heterocycles. The van der Waals surface area contributed by atoms with Crippen LogP contribution in [0.1, 0.15) is 63.4 Å². The summed E-state index contributed by atoms with van der Waals surface area (Å²) >= 11 is 0. The minimum absolute atomic E-state index is 0.0625. The minimum atomic E-state index is 0.0625. The van der Waals surface area contributed by atoms with Crippen LogP contribution in [0.5, 0.6) is 5.75 Å². The molecule has 1 aromatic carbocycles. The monoisotopic (exact) mass is 465 g/mol. The van der Waals surface area contributed by atoms with Crippen molar-refractivity contribution < 1.29 is 14.3 Å². The van der Waals surface area contributed by atoms with Gasteiger partial charge in [-0.3, -0.25) is 4.79 Å². The van der Waals surface area contributed by atoms with Gasteiger partial charge in [-0.05, 0) is 99.5 Å². The average Bonchev–Trinajstić information content (AvgIpc) is 3.21. The Balaban J connectivity index is 0.996. The fourth-order valence-electron chi connectivity index (χ4n) is 8.27. The third kappa shape index (κ3) is 4.18. The van der Waals surface area contributed by atoms with E-state index in [1.165, 1.54) is 38.5 Å². The molecule has 0 atom stereocenters. The van der Waals surface area contributed by atoms with Gasteiger partial charge in [0.15, 0.2) is 6.61 Å². The van der Waals surface area contributed by atoms with Crippen LogP contribution in [0.2, 0.25) is 0 Å². The number of hydrogen-bond acceptors (Lipinski definition) is 3. The summed E-state index contributed by atoms with van der Waals surface area (Å²) in [6.45, 7) is 5.31. The van der Waals surface area contributed by atoms with Gasteiger partial charge < -0.3 is 19.9 Å². The Bertz CT molecular complexity index is 917. The van der Waals surface area contributed by atoms with Crippen LogP contribution >= 0.6 is 0 Å². The molecule has 3 amide bonds. The van der Waals surface area contributed by atoms with Crippen molar-refractivity contribution in [3.63, 3.8) is 0 Å². The number of carbonyl (C=O) groups excluding carboxylic acids is 2. The number of hydrogen-bond donors (Lipinski definition) is 1. The van der Waals surface area contributed by atoms with E-state index >= 15 is 0 Å². The molecule has 4 saturated carbocycles. The molecule has 6 nitrogen and oxygen atoms in total. The van der Waals surface area contributed by atoms with Crippen LogP contribution in [0.25, 0.3) is 0 Å². The van der Waals surface area contributed by atoms with Crippen LogP contribution < -0.4 is 10.1 Å². The highest BCUT2D eigenvalue weighted by atomic mass is 16.5. The van der Waals surface area contributed by atoms with Gasteiger partial charge in [0.05, 0.1) is 0 Å². The van der Waals surface area contributed by atoms with Crippen molar-refractivity contribution in [1.82, 2.24) is 15.1 Å². The predicted octanol–water partition coefficient (Wildman–Crippen LogP) is 4.37. The Kier molecular flexibility index (Phi) is 5.53. The number of aryl methyl sites for hydroxylation is 1. The number of para-hydroxylation sites is 1. The molecule has 1 aromatic rings. The molecular formula is C28H39N3O3. The van der Waals surface area contributed by atoms with Crippen molar-refractivity contribution >= 4 is 11.9 Å². The Labute approximate surface area is 203 Å². The summed E-state index contributed by atoms with van der Waals surface area (Å²) in [5.74, 6) is 3.36. The number of ether oxygens (including phenoxy) is 1. The second kappa shape index (κ2) is 8.46. The molecule has 184 valence electrons. The number of rotatable bonds is 4. The number of urea groups is 1. The molecule has 7 rings (SSSR count). The maximum Gasteiger partial charge on any atom is 0.317 e. The fourth-order valence-corrected chi connectivity index (χ4v) is 8.27. The van der Waals surface area contributed by atoms with Crippen LogP contribution in [0, 0.1) is 30.1 Å². The zero-order valence-electron chi connectivity index (χ0n) is 20.6. The third-order valence-electron chi connectivity index (χ3n) is 9.76. The van der Waals surface area contributed by atoms with Crippen molar-refractivity contribution in [3.05, 3.63) is 29.8 Å². The molecule has 4 bridgehead atoms. The van der Waals surface area contributed by atoms with Crippen LogP contribution in [-0.4, -0.2) is 60.1 Å². The van der Waals surface area contributed by atoms with E-state index in [9.17, 15) is 9.59 Å². The normalized spacial score (nSPS) is 33.4. The SMILES string of the molecule is Cc1ccccc1OCC(=O)N1CCC2(CC1)CCN(C(=O)NC13CC4CC(CC(C4)C1)C3)C2. The molecule has 2 heterocycles. The van der Waals surface area contributed by atoms with E-state index in [2.05, 4.69) is 10.2 Å². The number of amides is 3. The van der Waals surface area contributed by atoms with Gasteiger partial charge in [0.2, 0.25) is 0 Å². The van der Waals surface area contributed by atoms with Crippen molar-refractivity contribution in [1.29, 1.82) is 0 Å². The number of nitrogens with zero attached hydrogens (tertiary/aromatic N) is 2. The first-order valence-corrected chi connectivity index (χ1v) is 13.4. The second-order valence-corrected chi connectivity index (χ2v) is 12.2. The molecule has 1 N–H and O–H groups in total. The van der Waals surface area contributed by atoms with Crippen LogP contribution in [0.3, 0.4) is 0 Å². The Morgan fingerprint density at radius 1 is 0.941 bits per heavy atom. The number of nitrogens with one attached hydrogen (secondary N) is 1. The Morgan fingerprint density at radius 3 is 2.15 bits per heavy atom. The predicted molar refractivity (Wildman–Crippen MR) is 131 cm³/mol. The Hall–Kier alpha value is -2.24. The lowest BCUT2D eigenvalue weighted by Crippen LogP contribution is -2.61. The minimum Gasteiger partial charge on any atom is -0.484 e. The van der Waals surface area contributed by atoms with Crippen molar-refractivity contribution in [2.24, 2.45) is 23.2 Å². The van der Waals surface area contributed by atoms with Gasteiger partial charge >= 0.3 is 6.03 Å². The maximum atomic E-state index is 13.3. The van der Waals surface area contributed by atoms with E-state index in [1.54, 1.807) is 0 Å². The smallest absolute Gasteiger partial charge is 0.317 e. The van der Waals surface area contributed by atoms with Gasteiger partial charge in [0.25, 0.3) is 5.91 Å². The molecule has 1 spiro atoms. The molecule has 34 heavy (non-hydrogen) atoms. The highest BCUT2D eigenvalue weighted by Crippen LogP contribution is 2.55. The van der Waals surface area contributed by atoms with Crippen LogP contribution in [0.15, 0.2) is 24.3 Å². The maximum absolute atomic E-state index is 13.3. The van der Waals surface area contributed by atoms with E-state index in [-0.39, 0.29) is 29.5 Å². The average molecular weight is 466 g/mol. The summed E-state index contributed by atoms with van der Waals surface area (Å²) in [7, 11) is 0. The topological polar surface area (TPSA) is 61.9 Å². The Morgan fingerprint density at radius 2 is 1.53 bits per heavy atom. The quantitative estimate of drug-likeness (QED) is 0.718. The molecule has 0 radical (unpaired) electrons. The third-order valence-corrected chi connectivity index (χ3v) is 9.76. The van der Waals surface area contributed by atoms with Gasteiger partial charge in [0, 0.05) is 31.7 Å². The van der Waals surface area contributed by atoms with Crippen molar-refractivity contribution in [2.75, 3.05) is 32.8 Å². The summed E-state index contributed by atoms with van der Waals surface area (Å²) in [6, 6.07) is 7.99. The summed E-state index contributed by atoms with van der Waals surface area (Å²) in [6.07, 6.45) is 10.8. The molecule has 6 aliphatic rings. The zero-order valence-corrected chi connectivity index (χ0v) is 20.6. The summed E-state index contributed by atoms with van der Waals surface area (Å²) in [5.41, 5.74) is 1.30. The summed E-state index contributed by atoms with van der Waals surface area (Å²) in [5, 5.41) is 3.56. The lowest BCUT2D eigenvalue weighted by atomic mass is 9.53. The first-order chi connectivity index (χ1) is 16.4. The van der Waals surface area contributed by atoms with Gasteiger partial charge in [-0.1, -0.05) is 18.2 Å². The largest absolute Gasteiger partial charge is 0.484 e. The lowest BCUT2D eigenvalue weighted by molar-refractivity contribution is -0.135. The van der Waals surface area contributed by atoms with Crippen LogP contribution in [0.4, 0.5) is 4.79 Å². The molecule has 2 saturated heterocycles. The van der Waals surface area contributed by atoms with Gasteiger partial charge in [-0.15, -0.1) is 0 Å². The summed E-state index contributed by atoms with van der Waals surface area (Å²) in [4.78, 5) is 30.1. The molecular weight excluding hydrogens is 426 g/mol. The van der Waals surface area contributed by atoms with Gasteiger partial charge in [-0.25, -0.2) is 4.79 Å². The fraction of sp³-hybridized carbons (Fsp3) is 0.714.